The van der Waals surface area contributed by atoms with E-state index in [9.17, 15) is 19.3 Å². The first kappa shape index (κ1) is 15.3. The van der Waals surface area contributed by atoms with Crippen LogP contribution in [0.25, 0.3) is 6.08 Å². The molecule has 0 atom stereocenters. The smallest absolute Gasteiger partial charge is 0.314 e. The van der Waals surface area contributed by atoms with Gasteiger partial charge in [0.25, 0.3) is 0 Å². The average Bonchev–Trinajstić information content (AvgIpc) is 3.05. The van der Waals surface area contributed by atoms with Crippen molar-refractivity contribution in [2.75, 3.05) is 13.2 Å². The molecular weight excluding hydrogens is 329 g/mol. The number of ketones is 1. The van der Waals surface area contributed by atoms with Crippen LogP contribution in [0.4, 0.5) is 10.1 Å². The standard InChI is InChI=1S/C18H12FNO5/c19-13-7-14-17(21)12(9-25-18(14)15(8-13)20(22)23)6-10-1-2-16-11(5-10)3-4-24-16/h1-2,5-8H,3-4,9H2/b12-6+. The lowest BCUT2D eigenvalue weighted by Crippen LogP contribution is -2.20. The first-order chi connectivity index (χ1) is 12.0. The maximum Gasteiger partial charge on any atom is 0.314 e. The maximum atomic E-state index is 13.6. The molecular formula is C18H12FNO5. The van der Waals surface area contributed by atoms with E-state index >= 15 is 0 Å². The number of hydrogen-bond donors (Lipinski definition) is 0. The van der Waals surface area contributed by atoms with Crippen molar-refractivity contribution in [3.8, 4) is 11.5 Å². The van der Waals surface area contributed by atoms with Crippen LogP contribution in [0.5, 0.6) is 11.5 Å². The van der Waals surface area contributed by atoms with Crippen LogP contribution in [-0.2, 0) is 6.42 Å². The Balaban J connectivity index is 1.73. The summed E-state index contributed by atoms with van der Waals surface area (Å²) < 4.78 is 24.5. The van der Waals surface area contributed by atoms with Crippen LogP contribution in [0.3, 0.4) is 0 Å². The number of nitro benzene ring substituents is 1. The van der Waals surface area contributed by atoms with Gasteiger partial charge in [-0.3, -0.25) is 14.9 Å². The second kappa shape index (κ2) is 5.70. The Morgan fingerprint density at radius 1 is 1.20 bits per heavy atom. The Morgan fingerprint density at radius 2 is 2.04 bits per heavy atom. The minimum Gasteiger partial charge on any atom is -0.493 e. The summed E-state index contributed by atoms with van der Waals surface area (Å²) in [5.41, 5.74) is 1.49. The van der Waals surface area contributed by atoms with Gasteiger partial charge in [-0.25, -0.2) is 4.39 Å². The number of fused-ring (bicyclic) bond motifs is 2. The largest absolute Gasteiger partial charge is 0.493 e. The molecule has 0 fully saturated rings. The number of Topliss-reactive ketones (excluding diaryl/α,β-unsaturated/α-hetero) is 1. The third-order valence-electron chi connectivity index (χ3n) is 4.19. The van der Waals surface area contributed by atoms with Gasteiger partial charge in [0.15, 0.2) is 5.78 Å². The zero-order valence-electron chi connectivity index (χ0n) is 13.0. The Kier molecular flexibility index (Phi) is 3.49. The highest BCUT2D eigenvalue weighted by atomic mass is 19.1. The predicted molar refractivity (Wildman–Crippen MR) is 86.5 cm³/mol. The summed E-state index contributed by atoms with van der Waals surface area (Å²) in [7, 11) is 0. The minimum absolute atomic E-state index is 0.105. The Hall–Kier alpha value is -3.22. The van der Waals surface area contributed by atoms with Crippen LogP contribution in [-0.4, -0.2) is 23.9 Å². The molecule has 7 heteroatoms. The highest BCUT2D eigenvalue weighted by Gasteiger charge is 2.31. The van der Waals surface area contributed by atoms with Gasteiger partial charge in [-0.2, -0.15) is 0 Å². The SMILES string of the molecule is O=C1/C(=C/c2ccc3c(c2)CCO3)COc2c1cc(F)cc2[N+](=O)[O-]. The summed E-state index contributed by atoms with van der Waals surface area (Å²) in [4.78, 5) is 22.9. The van der Waals surface area contributed by atoms with Crippen LogP contribution >= 0.6 is 0 Å². The molecule has 0 radical (unpaired) electrons. The zero-order chi connectivity index (χ0) is 17.6. The fraction of sp³-hybridized carbons (Fsp3) is 0.167. The molecule has 2 aromatic rings. The Bertz CT molecular complexity index is 951. The lowest BCUT2D eigenvalue weighted by molar-refractivity contribution is -0.386. The van der Waals surface area contributed by atoms with E-state index in [4.69, 9.17) is 9.47 Å². The van der Waals surface area contributed by atoms with Crippen molar-refractivity contribution < 1.29 is 23.6 Å². The number of hydrogen-bond acceptors (Lipinski definition) is 5. The number of nitrogens with zero attached hydrogens (tertiary/aromatic N) is 1. The monoisotopic (exact) mass is 341 g/mol. The molecule has 0 saturated carbocycles. The van der Waals surface area contributed by atoms with Crippen molar-refractivity contribution in [2.45, 2.75) is 6.42 Å². The van der Waals surface area contributed by atoms with Crippen LogP contribution in [0.15, 0.2) is 35.9 Å². The summed E-state index contributed by atoms with van der Waals surface area (Å²) in [6.07, 6.45) is 2.46. The van der Waals surface area contributed by atoms with Crippen molar-refractivity contribution in [1.82, 2.24) is 0 Å². The first-order valence-electron chi connectivity index (χ1n) is 7.64. The molecule has 0 unspecified atom stereocenters. The highest BCUT2D eigenvalue weighted by molar-refractivity contribution is 6.14. The minimum atomic E-state index is -0.849. The lowest BCUT2D eigenvalue weighted by atomic mass is 9.97. The first-order valence-corrected chi connectivity index (χ1v) is 7.64. The fourth-order valence-corrected chi connectivity index (χ4v) is 3.03. The van der Waals surface area contributed by atoms with E-state index in [0.717, 1.165) is 35.4 Å². The fourth-order valence-electron chi connectivity index (χ4n) is 3.03. The quantitative estimate of drug-likeness (QED) is 0.476. The molecule has 0 spiro atoms. The summed E-state index contributed by atoms with van der Waals surface area (Å²) in [6, 6.07) is 7.29. The van der Waals surface area contributed by atoms with Gasteiger partial charge in [-0.15, -0.1) is 0 Å². The molecule has 126 valence electrons. The van der Waals surface area contributed by atoms with Crippen LogP contribution in [0.2, 0.25) is 0 Å². The second-order valence-electron chi connectivity index (χ2n) is 5.81. The summed E-state index contributed by atoms with van der Waals surface area (Å²) in [5.74, 6) is -0.675. The number of nitro groups is 1. The molecule has 0 saturated heterocycles. The predicted octanol–water partition coefficient (Wildman–Crippen LogP) is 3.33. The van der Waals surface area contributed by atoms with E-state index in [-0.39, 0.29) is 17.9 Å². The summed E-state index contributed by atoms with van der Waals surface area (Å²) in [5, 5.41) is 11.0. The zero-order valence-corrected chi connectivity index (χ0v) is 13.0. The number of halogens is 1. The second-order valence-corrected chi connectivity index (χ2v) is 5.81. The van der Waals surface area contributed by atoms with Crippen molar-refractivity contribution in [3.05, 3.63) is 68.5 Å². The molecule has 2 heterocycles. The van der Waals surface area contributed by atoms with E-state index in [1.165, 1.54) is 0 Å². The average molecular weight is 341 g/mol. The van der Waals surface area contributed by atoms with E-state index < -0.39 is 22.2 Å². The molecule has 0 aromatic heterocycles. The number of carbonyl (C=O) groups excluding carboxylic acids is 1. The molecule has 0 aliphatic carbocycles. The molecule has 2 aromatic carbocycles. The van der Waals surface area contributed by atoms with Gasteiger partial charge in [0, 0.05) is 12.0 Å². The Morgan fingerprint density at radius 3 is 2.84 bits per heavy atom. The van der Waals surface area contributed by atoms with Crippen molar-refractivity contribution >= 4 is 17.5 Å². The van der Waals surface area contributed by atoms with Crippen LogP contribution in [0, 0.1) is 15.9 Å². The van der Waals surface area contributed by atoms with E-state index in [1.54, 1.807) is 6.08 Å². The van der Waals surface area contributed by atoms with Crippen LogP contribution in [0.1, 0.15) is 21.5 Å². The molecule has 25 heavy (non-hydrogen) atoms. The third-order valence-corrected chi connectivity index (χ3v) is 4.19. The van der Waals surface area contributed by atoms with Gasteiger partial charge in [0.2, 0.25) is 5.75 Å². The molecule has 2 aliphatic heterocycles. The molecule has 0 bridgehead atoms. The molecule has 6 nitrogen and oxygen atoms in total. The van der Waals surface area contributed by atoms with E-state index in [2.05, 4.69) is 0 Å². The molecule has 0 N–H and O–H groups in total. The Labute approximate surface area is 141 Å². The van der Waals surface area contributed by atoms with E-state index in [0.29, 0.717) is 12.2 Å². The third kappa shape index (κ3) is 2.63. The van der Waals surface area contributed by atoms with Gasteiger partial charge in [-0.05, 0) is 35.4 Å². The van der Waals surface area contributed by atoms with Gasteiger partial charge in [0.05, 0.1) is 23.2 Å². The van der Waals surface area contributed by atoms with Gasteiger partial charge < -0.3 is 9.47 Å². The van der Waals surface area contributed by atoms with Gasteiger partial charge in [0.1, 0.15) is 18.2 Å². The van der Waals surface area contributed by atoms with Crippen LogP contribution < -0.4 is 9.47 Å². The maximum absolute atomic E-state index is 13.6. The summed E-state index contributed by atoms with van der Waals surface area (Å²) in [6.45, 7) is 0.527. The van der Waals surface area contributed by atoms with Gasteiger partial charge in [-0.1, -0.05) is 6.07 Å². The highest BCUT2D eigenvalue weighted by Crippen LogP contribution is 2.37. The number of rotatable bonds is 2. The van der Waals surface area contributed by atoms with E-state index in [1.807, 2.05) is 18.2 Å². The molecule has 0 amide bonds. The number of ether oxygens (including phenoxy) is 2. The number of benzene rings is 2. The summed E-state index contributed by atoms with van der Waals surface area (Å²) >= 11 is 0. The van der Waals surface area contributed by atoms with Crippen molar-refractivity contribution in [2.24, 2.45) is 0 Å². The topological polar surface area (TPSA) is 78.7 Å². The lowest BCUT2D eigenvalue weighted by Gasteiger charge is -2.18. The van der Waals surface area contributed by atoms with Gasteiger partial charge >= 0.3 is 5.69 Å². The van der Waals surface area contributed by atoms with Crippen molar-refractivity contribution in [3.63, 3.8) is 0 Å². The molecule has 4 rings (SSSR count). The normalized spacial score (nSPS) is 16.8. The number of carbonyl (C=O) groups is 1. The van der Waals surface area contributed by atoms with Crippen molar-refractivity contribution in [1.29, 1.82) is 0 Å². The molecule has 2 aliphatic rings.